The molecule has 0 unspecified atom stereocenters. The molecule has 0 aromatic carbocycles. The highest BCUT2D eigenvalue weighted by molar-refractivity contribution is 7.45. The number of rotatable bonds is 1. The van der Waals surface area contributed by atoms with Crippen molar-refractivity contribution >= 4 is 37.6 Å². The summed E-state index contributed by atoms with van der Waals surface area (Å²) in [5.74, 6) is 0. The van der Waals surface area contributed by atoms with Crippen LogP contribution in [0, 0.1) is 0 Å². The van der Waals surface area contributed by atoms with Gasteiger partial charge in [0.1, 0.15) is 0 Å². The van der Waals surface area contributed by atoms with Crippen LogP contribution in [0.25, 0.3) is 0 Å². The third kappa shape index (κ3) is 2.57. The molecule has 0 aliphatic carbocycles. The van der Waals surface area contributed by atoms with Gasteiger partial charge in [0.15, 0.2) is 0 Å². The summed E-state index contributed by atoms with van der Waals surface area (Å²) < 4.78 is 0. The highest BCUT2D eigenvalue weighted by atomic mass is 35.7. The topological polar surface area (TPSA) is 0 Å². The summed E-state index contributed by atoms with van der Waals surface area (Å²) in [6.45, 7) is 0.644. The van der Waals surface area contributed by atoms with Gasteiger partial charge in [-0.15, -0.1) is 22.2 Å². The lowest BCUT2D eigenvalue weighted by Crippen LogP contribution is -2.29. The van der Waals surface area contributed by atoms with E-state index in [4.69, 9.17) is 22.2 Å². The molecule has 1 aliphatic rings. The Morgan fingerprint density at radius 3 is 2.20 bits per heavy atom. The van der Waals surface area contributed by atoms with Crippen LogP contribution in [0.4, 0.5) is 0 Å². The number of hydrogen-bond acceptors (Lipinski definition) is 0. The maximum atomic E-state index is 6.12. The maximum absolute atomic E-state index is 6.12. The first-order valence-electron chi connectivity index (χ1n) is 4.02. The molecule has 1 aliphatic heterocycles. The zero-order valence-electron chi connectivity index (χ0n) is 6.37. The van der Waals surface area contributed by atoms with E-state index in [1.807, 2.05) is 0 Å². The maximum Gasteiger partial charge on any atom is 0.250 e. The molecule has 1 fully saturated rings. The van der Waals surface area contributed by atoms with Crippen molar-refractivity contribution in [2.24, 2.45) is 0 Å². The van der Waals surface area contributed by atoms with Gasteiger partial charge in [-0.1, -0.05) is 25.1 Å². The lowest BCUT2D eigenvalue weighted by Gasteiger charge is -2.26. The third-order valence-electron chi connectivity index (χ3n) is 2.41. The first-order chi connectivity index (χ1) is 4.64. The molecule has 60 valence electrons. The van der Waals surface area contributed by atoms with E-state index in [-0.39, 0.29) is 8.80 Å². The second-order valence-electron chi connectivity index (χ2n) is 3.21. The van der Waals surface area contributed by atoms with E-state index in [2.05, 4.69) is 6.92 Å². The molecule has 10 heavy (non-hydrogen) atoms. The van der Waals surface area contributed by atoms with Crippen molar-refractivity contribution < 1.29 is 0 Å². The Hall–Kier alpha value is 1.01. The SMILES string of the molecule is CC[SiH]1CC[Si](Cl)(Cl)CC1. The molecule has 0 aromatic heterocycles. The van der Waals surface area contributed by atoms with Crippen LogP contribution in [0.3, 0.4) is 0 Å². The summed E-state index contributed by atoms with van der Waals surface area (Å²) in [5.41, 5.74) is 0. The zero-order valence-corrected chi connectivity index (χ0v) is 10.0. The van der Waals surface area contributed by atoms with Crippen LogP contribution >= 0.6 is 22.2 Å². The predicted molar refractivity (Wildman–Crippen MR) is 54.3 cm³/mol. The Morgan fingerprint density at radius 2 is 1.80 bits per heavy atom. The van der Waals surface area contributed by atoms with Crippen molar-refractivity contribution in [2.45, 2.75) is 37.1 Å². The van der Waals surface area contributed by atoms with Gasteiger partial charge in [0.05, 0.1) is 0 Å². The first-order valence-corrected chi connectivity index (χ1v) is 10.9. The van der Waals surface area contributed by atoms with E-state index in [9.17, 15) is 0 Å². The molecule has 1 heterocycles. The average Bonchev–Trinajstić information content (AvgIpc) is 1.88. The van der Waals surface area contributed by atoms with Gasteiger partial charge in [-0.3, -0.25) is 0 Å². The average molecular weight is 213 g/mol. The lowest BCUT2D eigenvalue weighted by atomic mass is 10.9. The van der Waals surface area contributed by atoms with Gasteiger partial charge >= 0.3 is 0 Å². The Morgan fingerprint density at radius 1 is 1.30 bits per heavy atom. The van der Waals surface area contributed by atoms with Gasteiger partial charge in [-0.2, -0.15) is 0 Å². The fourth-order valence-corrected chi connectivity index (χ4v) is 13.4. The number of halogens is 2. The standard InChI is InChI=1S/C6H14Cl2Si2/c1-2-9-3-5-10(7,8)6-4-9/h9H,2-6H2,1H3. The third-order valence-corrected chi connectivity index (χ3v) is 11.2. The van der Waals surface area contributed by atoms with Gasteiger partial charge < -0.3 is 0 Å². The normalized spacial score (nSPS) is 26.7. The summed E-state index contributed by atoms with van der Waals surface area (Å²) in [5, 5.41) is 0. The summed E-state index contributed by atoms with van der Waals surface area (Å²) >= 11 is 12.2. The van der Waals surface area contributed by atoms with Gasteiger partial charge in [0, 0.05) is 8.80 Å². The second-order valence-corrected chi connectivity index (χ2v) is 14.5. The van der Waals surface area contributed by atoms with Crippen LogP contribution in [0.15, 0.2) is 0 Å². The lowest BCUT2D eigenvalue weighted by molar-refractivity contribution is 1.15. The zero-order chi connectivity index (χ0) is 7.61. The summed E-state index contributed by atoms with van der Waals surface area (Å²) in [6.07, 6.45) is 0. The fourth-order valence-electron chi connectivity index (χ4n) is 1.51. The predicted octanol–water partition coefficient (Wildman–Crippen LogP) is 3.17. The van der Waals surface area contributed by atoms with Crippen LogP contribution in [0.1, 0.15) is 6.92 Å². The summed E-state index contributed by atoms with van der Waals surface area (Å²) in [4.78, 5) is 0. The van der Waals surface area contributed by atoms with Gasteiger partial charge in [-0.05, 0) is 12.1 Å². The molecule has 0 N–H and O–H groups in total. The van der Waals surface area contributed by atoms with Gasteiger partial charge in [0.25, 0.3) is 6.69 Å². The smallest absolute Gasteiger partial charge is 0.146 e. The van der Waals surface area contributed by atoms with Crippen molar-refractivity contribution in [2.75, 3.05) is 0 Å². The monoisotopic (exact) mass is 212 g/mol. The van der Waals surface area contributed by atoms with E-state index in [1.54, 1.807) is 0 Å². The molecule has 1 rings (SSSR count). The molecule has 0 radical (unpaired) electrons. The molecule has 1 saturated heterocycles. The van der Waals surface area contributed by atoms with Crippen LogP contribution in [0.5, 0.6) is 0 Å². The van der Waals surface area contributed by atoms with Crippen molar-refractivity contribution in [3.63, 3.8) is 0 Å². The molecular weight excluding hydrogens is 199 g/mol. The minimum Gasteiger partial charge on any atom is -0.146 e. The first kappa shape index (κ1) is 9.10. The van der Waals surface area contributed by atoms with Crippen molar-refractivity contribution in [3.05, 3.63) is 0 Å². The van der Waals surface area contributed by atoms with E-state index >= 15 is 0 Å². The van der Waals surface area contributed by atoms with Crippen LogP contribution < -0.4 is 0 Å². The second kappa shape index (κ2) is 3.61. The molecule has 0 nitrogen and oxygen atoms in total. The van der Waals surface area contributed by atoms with Crippen molar-refractivity contribution in [1.29, 1.82) is 0 Å². The van der Waals surface area contributed by atoms with Crippen LogP contribution in [0.2, 0.25) is 30.2 Å². The van der Waals surface area contributed by atoms with Crippen LogP contribution in [-0.4, -0.2) is 15.5 Å². The molecule has 0 amide bonds. The summed E-state index contributed by atoms with van der Waals surface area (Å²) in [6, 6.07) is 6.63. The van der Waals surface area contributed by atoms with E-state index < -0.39 is 6.69 Å². The van der Waals surface area contributed by atoms with Gasteiger partial charge in [-0.25, -0.2) is 0 Å². The van der Waals surface area contributed by atoms with Crippen molar-refractivity contribution in [3.8, 4) is 0 Å². The number of hydrogen-bond donors (Lipinski definition) is 0. The molecule has 0 aromatic rings. The van der Waals surface area contributed by atoms with E-state index in [1.165, 1.54) is 30.2 Å². The Balaban J connectivity index is 2.31. The molecule has 0 spiro atoms. The Bertz CT molecular complexity index is 106. The fraction of sp³-hybridized carbons (Fsp3) is 1.00. The summed E-state index contributed by atoms with van der Waals surface area (Å²) in [7, 11) is -0.322. The molecule has 0 bridgehead atoms. The molecular formula is C6H14Cl2Si2. The van der Waals surface area contributed by atoms with Crippen molar-refractivity contribution in [1.82, 2.24) is 0 Å². The van der Waals surface area contributed by atoms with E-state index in [0.717, 1.165) is 0 Å². The minimum absolute atomic E-state index is 0.322. The van der Waals surface area contributed by atoms with Crippen LogP contribution in [-0.2, 0) is 0 Å². The quantitative estimate of drug-likeness (QED) is 0.463. The molecule has 0 saturated carbocycles. The Kier molecular flexibility index (Phi) is 3.29. The highest BCUT2D eigenvalue weighted by Crippen LogP contribution is 2.36. The highest BCUT2D eigenvalue weighted by Gasteiger charge is 2.33. The van der Waals surface area contributed by atoms with E-state index in [0.29, 0.717) is 0 Å². The molecule has 4 heteroatoms. The largest absolute Gasteiger partial charge is 0.250 e. The minimum atomic E-state index is -1.67. The Labute approximate surface area is 74.9 Å². The van der Waals surface area contributed by atoms with Gasteiger partial charge in [0.2, 0.25) is 0 Å². The molecule has 0 atom stereocenters.